The topological polar surface area (TPSA) is 662 Å². The number of benzene rings is 2. The van der Waals surface area contributed by atoms with Crippen molar-refractivity contribution in [1.82, 2.24) is 21.3 Å². The number of amides is 4. The van der Waals surface area contributed by atoms with E-state index in [4.69, 9.17) is 75.8 Å². The number of ketones is 2. The van der Waals surface area contributed by atoms with Crippen LogP contribution in [0.2, 0.25) is 0 Å². The molecule has 6 aliphatic rings. The summed E-state index contributed by atoms with van der Waals surface area (Å²) in [6.07, 6.45) is -46.6. The summed E-state index contributed by atoms with van der Waals surface area (Å²) >= 11 is 0. The maximum absolute atomic E-state index is 12.8. The molecule has 6 saturated heterocycles. The summed E-state index contributed by atoms with van der Waals surface area (Å²) in [6.45, 7) is -0.685. The molecule has 6 heterocycles. The zero-order valence-electron chi connectivity index (χ0n) is 65.9. The molecule has 44 nitrogen and oxygen atoms in total. The first-order chi connectivity index (χ1) is 56.9. The minimum absolute atomic E-state index is 0.00446. The van der Waals surface area contributed by atoms with E-state index in [1.807, 2.05) is 25.1 Å². The van der Waals surface area contributed by atoms with E-state index in [1.165, 1.54) is 0 Å². The lowest BCUT2D eigenvalue weighted by molar-refractivity contribution is -0.376. The molecule has 44 heteroatoms. The van der Waals surface area contributed by atoms with Crippen molar-refractivity contribution in [3.8, 4) is 22.6 Å². The fourth-order valence-electron chi connectivity index (χ4n) is 13.8. The van der Waals surface area contributed by atoms with Crippen molar-refractivity contribution in [3.63, 3.8) is 0 Å². The van der Waals surface area contributed by atoms with Gasteiger partial charge in [-0.15, -0.1) is 0 Å². The molecule has 0 saturated carbocycles. The van der Waals surface area contributed by atoms with Crippen LogP contribution in [0.15, 0.2) is 42.5 Å². The summed E-state index contributed by atoms with van der Waals surface area (Å²) in [4.78, 5) is 75.4. The molecular weight excluding hydrogens is 1600 g/mol. The molecule has 0 radical (unpaired) electrons. The number of aliphatic hydroxyl groups is 18. The minimum Gasteiger partial charge on any atom is -0.486 e. The van der Waals surface area contributed by atoms with Gasteiger partial charge in [-0.05, 0) is 73.6 Å². The molecule has 30 atom stereocenters. The summed E-state index contributed by atoms with van der Waals surface area (Å²) in [5.41, 5.74) is 2.49. The zero-order chi connectivity index (χ0) is 86.7. The molecule has 0 aromatic heterocycles. The number of nitrogens with one attached hydrogen (secondary N) is 4. The van der Waals surface area contributed by atoms with Gasteiger partial charge in [0, 0.05) is 65.8 Å². The predicted molar refractivity (Wildman–Crippen MR) is 395 cm³/mol. The van der Waals surface area contributed by atoms with Crippen LogP contribution in [0.5, 0.6) is 11.5 Å². The van der Waals surface area contributed by atoms with E-state index in [1.54, 1.807) is 24.3 Å². The monoisotopic (exact) mass is 1710 g/mol. The maximum atomic E-state index is 12.8. The minimum atomic E-state index is -2.00. The Morgan fingerprint density at radius 2 is 0.714 bits per heavy atom. The lowest BCUT2D eigenvalue weighted by atomic mass is 9.95. The van der Waals surface area contributed by atoms with E-state index >= 15 is 0 Å². The Balaban J connectivity index is 0.646. The van der Waals surface area contributed by atoms with Gasteiger partial charge in [-0.1, -0.05) is 18.2 Å². The summed E-state index contributed by atoms with van der Waals surface area (Å²) in [6, 6.07) is 9.87. The van der Waals surface area contributed by atoms with Crippen LogP contribution < -0.4 is 30.7 Å². The molecule has 6 aliphatic heterocycles. The van der Waals surface area contributed by atoms with Gasteiger partial charge in [0.2, 0.25) is 23.6 Å². The van der Waals surface area contributed by atoms with Crippen molar-refractivity contribution in [1.29, 1.82) is 0 Å². The van der Waals surface area contributed by atoms with Crippen LogP contribution >= 0.6 is 0 Å². The largest absolute Gasteiger partial charge is 0.486 e. The first kappa shape index (κ1) is 98.4. The number of ether oxygens (including phenoxy) is 16. The summed E-state index contributed by atoms with van der Waals surface area (Å²) < 4.78 is 91.2. The van der Waals surface area contributed by atoms with Crippen molar-refractivity contribution < 1.29 is 196 Å². The van der Waals surface area contributed by atoms with E-state index in [9.17, 15) is 121 Å². The van der Waals surface area contributed by atoms with Gasteiger partial charge in [-0.25, -0.2) is 0 Å². The smallest absolute Gasteiger partial charge is 0.222 e. The van der Waals surface area contributed by atoms with Crippen LogP contribution in [0, 0.1) is 6.92 Å². The lowest BCUT2D eigenvalue weighted by Crippen LogP contribution is -2.68. The van der Waals surface area contributed by atoms with Crippen LogP contribution in [0.3, 0.4) is 0 Å². The summed E-state index contributed by atoms with van der Waals surface area (Å²) in [7, 11) is 0. The molecule has 676 valence electrons. The van der Waals surface area contributed by atoms with Crippen LogP contribution in [0.25, 0.3) is 11.1 Å². The lowest BCUT2D eigenvalue weighted by Gasteiger charge is -2.48. The van der Waals surface area contributed by atoms with E-state index in [0.717, 1.165) is 30.5 Å². The molecule has 4 amide bonds. The Hall–Kier alpha value is -6.02. The molecule has 6 fully saturated rings. The van der Waals surface area contributed by atoms with Gasteiger partial charge in [0.1, 0.15) is 171 Å². The Morgan fingerprint density at radius 1 is 0.353 bits per heavy atom. The Morgan fingerprint density at radius 3 is 1.10 bits per heavy atom. The number of rotatable bonds is 47. The SMILES string of the molecule is CC(=O)NC1[C@H](OCCCNC(=O)CCOCCCC(=O)COc2ccc(-c3cc(C)cc(OCC(=O)CCCOCCC(=O)NCCCO[C@@H]4OC(CO)[C@@H](O[C@@H]5OC(CO)[C@H](O)[C@H](O[C@H]6OC(CO)[C@H](O)C(O)[C@@H]6O)C5O)[C@H](O)C4NC(C)=O)c3)cc2)OC(CO)[C@@H](O[C@@H]2OC(CO)[C@H](O)[C@H](O[C@H]3OC(CO)[C@H](O)C(O)[C@@H]3O)C2O)[C@@H]1O. The summed E-state index contributed by atoms with van der Waals surface area (Å²) in [5, 5.41) is 200. The third-order valence-electron chi connectivity index (χ3n) is 20.3. The van der Waals surface area contributed by atoms with Gasteiger partial charge in [-0.3, -0.25) is 28.8 Å². The third-order valence-corrected chi connectivity index (χ3v) is 20.3. The first-order valence-electron chi connectivity index (χ1n) is 39.3. The van der Waals surface area contributed by atoms with Gasteiger partial charge in [0.15, 0.2) is 49.3 Å². The third kappa shape index (κ3) is 28.0. The fourth-order valence-corrected chi connectivity index (χ4v) is 13.8. The van der Waals surface area contributed by atoms with Gasteiger partial charge in [-0.2, -0.15) is 0 Å². The second-order valence-electron chi connectivity index (χ2n) is 29.4. The number of hydrogen-bond acceptors (Lipinski definition) is 40. The average Bonchev–Trinajstić information content (AvgIpc) is 0.776. The van der Waals surface area contributed by atoms with Gasteiger partial charge in [0.25, 0.3) is 0 Å². The van der Waals surface area contributed by atoms with E-state index in [-0.39, 0.29) is 128 Å². The van der Waals surface area contributed by atoms with E-state index in [0.29, 0.717) is 24.3 Å². The Labute approximate surface area is 683 Å². The number of aliphatic hydroxyl groups excluding tert-OH is 18. The highest BCUT2D eigenvalue weighted by Gasteiger charge is 2.57. The molecule has 22 N–H and O–H groups in total. The zero-order valence-corrected chi connectivity index (χ0v) is 65.9. The standard InChI is InChI=1S/C75H116N4O40/c1-35-24-39(26-43(25-35)109-34-41(89)9-5-19-105-23-15-51(91)77-17-7-21-107-71-53(79-37(3)87)59(97)67(49(32-85)115-71)117-75-65(103)69(57(95)47(30-83)113-75)119-73-63(101)61(99)55(93)45(28-81)111-73)38-10-12-42(13-11-38)108-33-40(88)8-4-18-104-22-14-50(90)76-16-6-20-106-70-52(78-36(2)86)58(96)66(48(31-84)114-70)116-74-64(102)68(56(94)46(29-82)112-74)118-72-62(100)60(98)54(92)44(27-80)110-72/h10-13,24-26,44-49,52-75,80-85,92-103H,4-9,14-23,27-34H2,1-3H3,(H,76,90)(H,77,91)(H,78,86)(H,79,87)/t44?,45?,46?,47?,48?,49?,52?,53?,54-,55-,56-,57-,58+,59+,60?,61?,62-,63-,64?,65?,66+,67+,68-,69-,70+,71+,72+,73+,74-,75-/m0/s1. The molecule has 0 spiro atoms. The second-order valence-corrected chi connectivity index (χ2v) is 29.4. The number of hydrogen-bond donors (Lipinski definition) is 22. The first-order valence-corrected chi connectivity index (χ1v) is 39.3. The van der Waals surface area contributed by atoms with Gasteiger partial charge in [0.05, 0.1) is 66.1 Å². The highest BCUT2D eigenvalue weighted by atomic mass is 16.8. The second kappa shape index (κ2) is 48.9. The van der Waals surface area contributed by atoms with Gasteiger partial charge < -0.3 is 189 Å². The average molecular weight is 1710 g/mol. The quantitative estimate of drug-likeness (QED) is 0.0274. The highest BCUT2D eigenvalue weighted by Crippen LogP contribution is 2.37. The summed E-state index contributed by atoms with van der Waals surface area (Å²) in [5.74, 6) is -1.42. The predicted octanol–water partition coefficient (Wildman–Crippen LogP) is -9.84. The molecular formula is C75H116N4O40. The molecule has 2 aromatic rings. The van der Waals surface area contributed by atoms with Crippen molar-refractivity contribution >= 4 is 35.2 Å². The van der Waals surface area contributed by atoms with Crippen molar-refractivity contribution in [2.24, 2.45) is 0 Å². The molecule has 0 bridgehead atoms. The number of carbonyl (C=O) groups excluding carboxylic acids is 6. The van der Waals surface area contributed by atoms with Crippen LogP contribution in [0.1, 0.15) is 70.8 Å². The molecule has 0 aliphatic carbocycles. The van der Waals surface area contributed by atoms with Crippen molar-refractivity contribution in [2.75, 3.05) is 106 Å². The van der Waals surface area contributed by atoms with Crippen molar-refractivity contribution in [3.05, 3.63) is 48.0 Å². The van der Waals surface area contributed by atoms with Gasteiger partial charge >= 0.3 is 0 Å². The Bertz CT molecular complexity index is 3410. The molecule has 2 aromatic carbocycles. The number of Topliss-reactive ketones (excluding diaryl/α,β-unsaturated/α-hetero) is 2. The molecule has 119 heavy (non-hydrogen) atoms. The van der Waals surface area contributed by atoms with Crippen LogP contribution in [-0.2, 0) is 95.1 Å². The van der Waals surface area contributed by atoms with E-state index in [2.05, 4.69) is 21.3 Å². The highest BCUT2D eigenvalue weighted by molar-refractivity contribution is 5.81. The maximum Gasteiger partial charge on any atom is 0.222 e. The number of carbonyl (C=O) groups is 6. The molecule has 12 unspecified atom stereocenters. The number of aryl methyl sites for hydroxylation is 1. The van der Waals surface area contributed by atoms with Crippen LogP contribution in [0.4, 0.5) is 0 Å². The van der Waals surface area contributed by atoms with Crippen molar-refractivity contribution in [2.45, 2.75) is 256 Å². The fraction of sp³-hybridized carbons (Fsp3) is 0.760. The van der Waals surface area contributed by atoms with Crippen LogP contribution in [-0.4, -0.2) is 417 Å². The Kier molecular flexibility index (Phi) is 40.4. The van der Waals surface area contributed by atoms with E-state index < -0.39 is 236 Å². The molecule has 8 rings (SSSR count). The normalized spacial score (nSPS) is 34.8.